The topological polar surface area (TPSA) is 52.0 Å². The molecule has 0 radical (unpaired) electrons. The van der Waals surface area contributed by atoms with Gasteiger partial charge in [-0.2, -0.15) is 0 Å². The summed E-state index contributed by atoms with van der Waals surface area (Å²) < 4.78 is 5.64. The van der Waals surface area contributed by atoms with Crippen molar-refractivity contribution in [1.82, 2.24) is 4.98 Å². The third-order valence-corrected chi connectivity index (χ3v) is 2.72. The lowest BCUT2D eigenvalue weighted by Crippen LogP contribution is -1.84. The maximum atomic E-state index is 5.89. The van der Waals surface area contributed by atoms with Crippen LogP contribution in [0.15, 0.2) is 46.9 Å². The van der Waals surface area contributed by atoms with Crippen molar-refractivity contribution in [3.8, 4) is 11.5 Å². The van der Waals surface area contributed by atoms with Crippen LogP contribution >= 0.6 is 11.6 Å². The number of hydrogen-bond acceptors (Lipinski definition) is 3. The van der Waals surface area contributed by atoms with Crippen LogP contribution in [0.2, 0.25) is 5.02 Å². The molecule has 0 aliphatic rings. The Kier molecular flexibility index (Phi) is 2.27. The van der Waals surface area contributed by atoms with Crippen molar-refractivity contribution in [1.29, 1.82) is 0 Å². The first-order valence-electron chi connectivity index (χ1n) is 5.14. The summed E-state index contributed by atoms with van der Waals surface area (Å²) in [5.41, 5.74) is 8.73. The Bertz CT molecular complexity index is 691. The molecule has 0 aliphatic carbocycles. The van der Waals surface area contributed by atoms with Gasteiger partial charge in [-0.05, 0) is 30.3 Å². The molecule has 0 bridgehead atoms. The Labute approximate surface area is 103 Å². The molecule has 0 amide bonds. The fraction of sp³-hybridized carbons (Fsp3) is 0. The van der Waals surface area contributed by atoms with Gasteiger partial charge in [0.15, 0.2) is 5.58 Å². The van der Waals surface area contributed by atoms with E-state index >= 15 is 0 Å². The number of hydrogen-bond donors (Lipinski definition) is 1. The van der Waals surface area contributed by atoms with Crippen LogP contribution in [0.25, 0.3) is 22.6 Å². The molecule has 0 aliphatic heterocycles. The minimum atomic E-state index is 0.551. The van der Waals surface area contributed by atoms with Crippen LogP contribution < -0.4 is 5.73 Å². The van der Waals surface area contributed by atoms with Gasteiger partial charge in [0.1, 0.15) is 5.52 Å². The van der Waals surface area contributed by atoms with E-state index in [0.29, 0.717) is 22.2 Å². The summed E-state index contributed by atoms with van der Waals surface area (Å²) >= 11 is 5.89. The number of anilines is 1. The highest BCUT2D eigenvalue weighted by molar-refractivity contribution is 6.31. The fourth-order valence-corrected chi connectivity index (χ4v) is 1.86. The summed E-state index contributed by atoms with van der Waals surface area (Å²) in [5, 5.41) is 0.632. The molecule has 17 heavy (non-hydrogen) atoms. The Morgan fingerprint density at radius 3 is 2.82 bits per heavy atom. The maximum absolute atomic E-state index is 5.89. The van der Waals surface area contributed by atoms with Gasteiger partial charge < -0.3 is 10.2 Å². The number of oxazole rings is 1. The van der Waals surface area contributed by atoms with E-state index < -0.39 is 0 Å². The smallest absolute Gasteiger partial charge is 0.227 e. The molecule has 0 atom stereocenters. The third-order valence-electron chi connectivity index (χ3n) is 2.48. The number of halogens is 1. The number of benzene rings is 2. The summed E-state index contributed by atoms with van der Waals surface area (Å²) in [6.45, 7) is 0. The standard InChI is InChI=1S/C13H9ClN2O/c14-9-4-5-11-12(7-9)17-13(16-11)8-2-1-3-10(15)6-8/h1-7H,15H2. The zero-order valence-corrected chi connectivity index (χ0v) is 9.61. The monoisotopic (exact) mass is 244 g/mol. The molecule has 4 heteroatoms. The number of fused-ring (bicyclic) bond motifs is 1. The van der Waals surface area contributed by atoms with Gasteiger partial charge in [-0.25, -0.2) is 4.98 Å². The molecule has 0 fully saturated rings. The highest BCUT2D eigenvalue weighted by Crippen LogP contribution is 2.26. The van der Waals surface area contributed by atoms with Crippen molar-refractivity contribution in [3.63, 3.8) is 0 Å². The van der Waals surface area contributed by atoms with E-state index in [1.165, 1.54) is 0 Å². The molecule has 2 aromatic carbocycles. The first-order chi connectivity index (χ1) is 8.22. The molecular formula is C13H9ClN2O. The minimum absolute atomic E-state index is 0.551. The second kappa shape index (κ2) is 3.79. The lowest BCUT2D eigenvalue weighted by Gasteiger charge is -1.95. The van der Waals surface area contributed by atoms with Crippen LogP contribution in [0.1, 0.15) is 0 Å². The van der Waals surface area contributed by atoms with Crippen LogP contribution in [0.5, 0.6) is 0 Å². The molecule has 3 nitrogen and oxygen atoms in total. The second-order valence-corrected chi connectivity index (χ2v) is 4.19. The third kappa shape index (κ3) is 1.85. The van der Waals surface area contributed by atoms with E-state index in [1.807, 2.05) is 30.3 Å². The van der Waals surface area contributed by atoms with Crippen LogP contribution in [-0.4, -0.2) is 4.98 Å². The highest BCUT2D eigenvalue weighted by Gasteiger charge is 2.08. The Morgan fingerprint density at radius 2 is 2.00 bits per heavy atom. The first-order valence-corrected chi connectivity index (χ1v) is 5.52. The zero-order chi connectivity index (χ0) is 11.8. The Morgan fingerprint density at radius 1 is 1.12 bits per heavy atom. The number of aromatic nitrogens is 1. The van der Waals surface area contributed by atoms with Gasteiger partial charge >= 0.3 is 0 Å². The van der Waals surface area contributed by atoms with E-state index in [2.05, 4.69) is 4.98 Å². The molecule has 0 spiro atoms. The molecule has 1 heterocycles. The average Bonchev–Trinajstić information content (AvgIpc) is 2.72. The maximum Gasteiger partial charge on any atom is 0.227 e. The van der Waals surface area contributed by atoms with E-state index in [1.54, 1.807) is 12.1 Å². The predicted octanol–water partition coefficient (Wildman–Crippen LogP) is 3.73. The van der Waals surface area contributed by atoms with Crippen molar-refractivity contribution < 1.29 is 4.42 Å². The Balaban J connectivity index is 2.18. The predicted molar refractivity (Wildman–Crippen MR) is 68.9 cm³/mol. The number of nitrogen functional groups attached to an aromatic ring is 1. The zero-order valence-electron chi connectivity index (χ0n) is 8.85. The van der Waals surface area contributed by atoms with Crippen molar-refractivity contribution in [3.05, 3.63) is 47.5 Å². The summed E-state index contributed by atoms with van der Waals surface area (Å²) in [7, 11) is 0. The average molecular weight is 245 g/mol. The number of nitrogens with two attached hydrogens (primary N) is 1. The molecular weight excluding hydrogens is 236 g/mol. The van der Waals surface area contributed by atoms with Crippen molar-refractivity contribution >= 4 is 28.4 Å². The number of nitrogens with zero attached hydrogens (tertiary/aromatic N) is 1. The molecule has 3 aromatic rings. The Hall–Kier alpha value is -2.00. The number of rotatable bonds is 1. The quantitative estimate of drug-likeness (QED) is 0.664. The molecule has 1 aromatic heterocycles. The van der Waals surface area contributed by atoms with E-state index in [9.17, 15) is 0 Å². The SMILES string of the molecule is Nc1cccc(-c2nc3ccc(Cl)cc3o2)c1. The van der Waals surface area contributed by atoms with Crippen LogP contribution in [0, 0.1) is 0 Å². The lowest BCUT2D eigenvalue weighted by molar-refractivity contribution is 0.620. The molecule has 2 N–H and O–H groups in total. The van der Waals surface area contributed by atoms with Gasteiger partial charge in [0, 0.05) is 22.3 Å². The molecule has 3 rings (SSSR count). The second-order valence-electron chi connectivity index (χ2n) is 3.76. The van der Waals surface area contributed by atoms with Crippen LogP contribution in [0.3, 0.4) is 0 Å². The van der Waals surface area contributed by atoms with Crippen LogP contribution in [0.4, 0.5) is 5.69 Å². The lowest BCUT2D eigenvalue weighted by atomic mass is 10.2. The van der Waals surface area contributed by atoms with Gasteiger partial charge in [0.05, 0.1) is 0 Å². The van der Waals surface area contributed by atoms with Crippen molar-refractivity contribution in [2.75, 3.05) is 5.73 Å². The first kappa shape index (κ1) is 10.2. The molecule has 0 saturated heterocycles. The largest absolute Gasteiger partial charge is 0.436 e. The fourth-order valence-electron chi connectivity index (χ4n) is 1.69. The highest BCUT2D eigenvalue weighted by atomic mass is 35.5. The van der Waals surface area contributed by atoms with E-state index in [-0.39, 0.29) is 0 Å². The van der Waals surface area contributed by atoms with Gasteiger partial charge in [-0.1, -0.05) is 17.7 Å². The summed E-state index contributed by atoms with van der Waals surface area (Å²) in [6.07, 6.45) is 0. The van der Waals surface area contributed by atoms with E-state index in [4.69, 9.17) is 21.8 Å². The van der Waals surface area contributed by atoms with Gasteiger partial charge in [-0.3, -0.25) is 0 Å². The van der Waals surface area contributed by atoms with Gasteiger partial charge in [-0.15, -0.1) is 0 Å². The van der Waals surface area contributed by atoms with Gasteiger partial charge in [0.25, 0.3) is 0 Å². The van der Waals surface area contributed by atoms with E-state index in [0.717, 1.165) is 11.1 Å². The summed E-state index contributed by atoms with van der Waals surface area (Å²) in [4.78, 5) is 4.38. The normalized spacial score (nSPS) is 10.9. The van der Waals surface area contributed by atoms with Crippen molar-refractivity contribution in [2.45, 2.75) is 0 Å². The molecule has 0 saturated carbocycles. The van der Waals surface area contributed by atoms with Gasteiger partial charge in [0.2, 0.25) is 5.89 Å². The summed E-state index contributed by atoms with van der Waals surface area (Å²) in [5.74, 6) is 0.551. The minimum Gasteiger partial charge on any atom is -0.436 e. The van der Waals surface area contributed by atoms with Crippen LogP contribution in [-0.2, 0) is 0 Å². The van der Waals surface area contributed by atoms with Crippen molar-refractivity contribution in [2.24, 2.45) is 0 Å². The summed E-state index contributed by atoms with van der Waals surface area (Å²) in [6, 6.07) is 12.8. The molecule has 0 unspecified atom stereocenters. The molecule has 84 valence electrons.